The fraction of sp³-hybridized carbons (Fsp3) is 0.444. The lowest BCUT2D eigenvalue weighted by Gasteiger charge is -2.34. The van der Waals surface area contributed by atoms with E-state index in [2.05, 4.69) is 14.5 Å². The van der Waals surface area contributed by atoms with Crippen LogP contribution in [0, 0.1) is 5.41 Å². The molecule has 7 nitrogen and oxygen atoms in total. The molecule has 0 saturated carbocycles. The average molecular weight is 431 g/mol. The van der Waals surface area contributed by atoms with Gasteiger partial charge in [0.05, 0.1) is 12.3 Å². The Kier molecular flexibility index (Phi) is 5.87. The molecule has 1 aliphatic carbocycles. The highest BCUT2D eigenvalue weighted by atomic mass is 32.2. The fourth-order valence-corrected chi connectivity index (χ4v) is 3.57. The molecule has 11 heteroatoms. The number of para-hydroxylation sites is 1. The maximum Gasteiger partial charge on any atom is 0.534 e. The van der Waals surface area contributed by atoms with Crippen LogP contribution in [0.15, 0.2) is 48.4 Å². The molecular weight excluding hydrogens is 411 g/mol. The van der Waals surface area contributed by atoms with Crippen LogP contribution in [-0.2, 0) is 14.3 Å². The Balaban J connectivity index is 1.68. The van der Waals surface area contributed by atoms with E-state index in [0.29, 0.717) is 25.1 Å². The fourth-order valence-electron chi connectivity index (χ4n) is 3.04. The molecule has 0 amide bonds. The molecule has 1 atom stereocenters. The third kappa shape index (κ3) is 4.72. The molecule has 2 aromatic rings. The highest BCUT2D eigenvalue weighted by Crippen LogP contribution is 2.40. The molecule has 0 radical (unpaired) electrons. The van der Waals surface area contributed by atoms with Crippen LogP contribution in [0.25, 0.3) is 5.69 Å². The van der Waals surface area contributed by atoms with E-state index in [1.807, 2.05) is 37.3 Å². The van der Waals surface area contributed by atoms with E-state index < -0.39 is 15.6 Å². The minimum absolute atomic E-state index is 0.0721. The summed E-state index contributed by atoms with van der Waals surface area (Å²) >= 11 is 0. The summed E-state index contributed by atoms with van der Waals surface area (Å²) in [6.07, 6.45) is 4.40. The number of halogens is 3. The van der Waals surface area contributed by atoms with E-state index in [4.69, 9.17) is 4.74 Å². The predicted octanol–water partition coefficient (Wildman–Crippen LogP) is 3.98. The summed E-state index contributed by atoms with van der Waals surface area (Å²) in [5.41, 5.74) is -5.03. The van der Waals surface area contributed by atoms with E-state index >= 15 is 0 Å². The first-order valence-electron chi connectivity index (χ1n) is 8.94. The first-order valence-corrected chi connectivity index (χ1v) is 10.4. The van der Waals surface area contributed by atoms with Crippen molar-refractivity contribution >= 4 is 10.1 Å². The monoisotopic (exact) mass is 431 g/mol. The SMILES string of the molecule is CCC1(COc2cnnn2-c2ccccc2)CC=C(OS(=O)(=O)C(F)(F)F)CC1. The Labute approximate surface area is 166 Å². The molecule has 1 aromatic heterocycles. The first-order chi connectivity index (χ1) is 13.7. The van der Waals surface area contributed by atoms with Crippen molar-refractivity contribution in [1.82, 2.24) is 15.0 Å². The Bertz CT molecular complexity index is 974. The minimum atomic E-state index is -5.64. The number of aromatic nitrogens is 3. The van der Waals surface area contributed by atoms with Crippen molar-refractivity contribution in [1.29, 1.82) is 0 Å². The summed E-state index contributed by atoms with van der Waals surface area (Å²) in [4.78, 5) is 0. The van der Waals surface area contributed by atoms with Crippen LogP contribution in [0.5, 0.6) is 5.88 Å². The molecule has 1 heterocycles. The zero-order valence-electron chi connectivity index (χ0n) is 15.6. The molecule has 0 aliphatic heterocycles. The maximum atomic E-state index is 12.5. The lowest BCUT2D eigenvalue weighted by atomic mass is 9.75. The summed E-state index contributed by atoms with van der Waals surface area (Å²) in [7, 11) is -5.64. The van der Waals surface area contributed by atoms with Gasteiger partial charge in [-0.1, -0.05) is 30.3 Å². The minimum Gasteiger partial charge on any atom is -0.476 e. The summed E-state index contributed by atoms with van der Waals surface area (Å²) in [5.74, 6) is 0.247. The highest BCUT2D eigenvalue weighted by Gasteiger charge is 2.49. The van der Waals surface area contributed by atoms with Crippen molar-refractivity contribution < 1.29 is 30.5 Å². The zero-order chi connectivity index (χ0) is 21.1. The van der Waals surface area contributed by atoms with Crippen LogP contribution >= 0.6 is 0 Å². The van der Waals surface area contributed by atoms with Crippen molar-refractivity contribution in [3.63, 3.8) is 0 Å². The normalized spacial score (nSPS) is 20.2. The number of hydrogen-bond acceptors (Lipinski definition) is 6. The van der Waals surface area contributed by atoms with Crippen molar-refractivity contribution in [2.24, 2.45) is 5.41 Å². The second-order valence-electron chi connectivity index (χ2n) is 6.82. The van der Waals surface area contributed by atoms with Crippen molar-refractivity contribution in [3.8, 4) is 11.6 Å². The van der Waals surface area contributed by atoms with E-state index in [0.717, 1.165) is 5.69 Å². The van der Waals surface area contributed by atoms with Crippen molar-refractivity contribution in [2.75, 3.05) is 6.61 Å². The van der Waals surface area contributed by atoms with Gasteiger partial charge in [-0.25, -0.2) is 0 Å². The second-order valence-corrected chi connectivity index (χ2v) is 8.36. The topological polar surface area (TPSA) is 83.3 Å². The van der Waals surface area contributed by atoms with Crippen molar-refractivity contribution in [3.05, 3.63) is 48.4 Å². The van der Waals surface area contributed by atoms with Gasteiger partial charge in [0, 0.05) is 11.8 Å². The van der Waals surface area contributed by atoms with Gasteiger partial charge in [-0.05, 0) is 37.5 Å². The largest absolute Gasteiger partial charge is 0.534 e. The predicted molar refractivity (Wildman–Crippen MR) is 97.6 cm³/mol. The molecule has 0 saturated heterocycles. The summed E-state index contributed by atoms with van der Waals surface area (Å²) in [6.45, 7) is 2.22. The molecule has 29 heavy (non-hydrogen) atoms. The number of allylic oxidation sites excluding steroid dienone is 2. The molecule has 0 N–H and O–H groups in total. The molecule has 3 rings (SSSR count). The molecular formula is C18H20F3N3O4S. The third-order valence-electron chi connectivity index (χ3n) is 4.96. The molecule has 1 unspecified atom stereocenters. The van der Waals surface area contributed by atoms with Gasteiger partial charge in [-0.3, -0.25) is 0 Å². The van der Waals surface area contributed by atoms with Crippen molar-refractivity contribution in [2.45, 2.75) is 38.1 Å². The molecule has 158 valence electrons. The third-order valence-corrected chi connectivity index (χ3v) is 5.96. The maximum absolute atomic E-state index is 12.5. The van der Waals surface area contributed by atoms with E-state index in [-0.39, 0.29) is 24.2 Å². The Morgan fingerprint density at radius 2 is 1.97 bits per heavy atom. The van der Waals surface area contributed by atoms with Crippen LogP contribution in [-0.4, -0.2) is 35.5 Å². The van der Waals surface area contributed by atoms with Gasteiger partial charge < -0.3 is 8.92 Å². The van der Waals surface area contributed by atoms with Gasteiger partial charge in [0.25, 0.3) is 0 Å². The second kappa shape index (κ2) is 8.05. The zero-order valence-corrected chi connectivity index (χ0v) is 16.4. The van der Waals surface area contributed by atoms with Crippen LogP contribution in [0.4, 0.5) is 13.2 Å². The van der Waals surface area contributed by atoms with Crippen LogP contribution in [0.1, 0.15) is 32.6 Å². The van der Waals surface area contributed by atoms with Gasteiger partial charge in [-0.2, -0.15) is 26.3 Å². The molecule has 0 bridgehead atoms. The Morgan fingerprint density at radius 1 is 1.24 bits per heavy atom. The molecule has 1 aromatic carbocycles. The van der Waals surface area contributed by atoms with E-state index in [9.17, 15) is 21.6 Å². The van der Waals surface area contributed by atoms with Gasteiger partial charge in [0.2, 0.25) is 5.88 Å². The lowest BCUT2D eigenvalue weighted by Crippen LogP contribution is -2.32. The number of rotatable bonds is 7. The highest BCUT2D eigenvalue weighted by molar-refractivity contribution is 7.87. The number of alkyl halides is 3. The number of ether oxygens (including phenoxy) is 1. The Hall–Kier alpha value is -2.56. The summed E-state index contributed by atoms with van der Waals surface area (Å²) in [5, 5.41) is 7.88. The number of benzene rings is 1. The lowest BCUT2D eigenvalue weighted by molar-refractivity contribution is -0.0526. The average Bonchev–Trinajstić information content (AvgIpc) is 3.16. The van der Waals surface area contributed by atoms with Gasteiger partial charge in [0.1, 0.15) is 12.0 Å². The number of hydrogen-bond donors (Lipinski definition) is 0. The molecule has 0 spiro atoms. The molecule has 0 fully saturated rings. The summed E-state index contributed by atoms with van der Waals surface area (Å²) < 4.78 is 71.5. The van der Waals surface area contributed by atoms with E-state index in [1.165, 1.54) is 12.3 Å². The number of nitrogens with zero attached hydrogens (tertiary/aromatic N) is 3. The molecule has 1 aliphatic rings. The smallest absolute Gasteiger partial charge is 0.476 e. The van der Waals surface area contributed by atoms with Gasteiger partial charge >= 0.3 is 15.6 Å². The van der Waals surface area contributed by atoms with Crippen LogP contribution < -0.4 is 4.74 Å². The van der Waals surface area contributed by atoms with Crippen LogP contribution in [0.3, 0.4) is 0 Å². The Morgan fingerprint density at radius 3 is 2.55 bits per heavy atom. The van der Waals surface area contributed by atoms with Gasteiger partial charge in [-0.15, -0.1) is 5.10 Å². The van der Waals surface area contributed by atoms with E-state index in [1.54, 1.807) is 4.68 Å². The van der Waals surface area contributed by atoms with Crippen LogP contribution in [0.2, 0.25) is 0 Å². The van der Waals surface area contributed by atoms with Gasteiger partial charge in [0.15, 0.2) is 0 Å². The first kappa shape index (κ1) is 21.2. The quantitative estimate of drug-likeness (QED) is 0.487. The standard InChI is InChI=1S/C18H20F3N3O4S/c1-2-17(10-8-15(9-11-17)28-29(25,26)18(19,20)21)13-27-16-12-22-23-24(16)14-6-4-3-5-7-14/h3-8,12H,2,9-11,13H2,1H3. The summed E-state index contributed by atoms with van der Waals surface area (Å²) in [6, 6.07) is 9.30.